The summed E-state index contributed by atoms with van der Waals surface area (Å²) in [5.41, 5.74) is 0.896. The second-order valence-corrected chi connectivity index (χ2v) is 4.32. The van der Waals surface area contributed by atoms with E-state index in [1.807, 2.05) is 37.3 Å². The van der Waals surface area contributed by atoms with Crippen LogP contribution in [0.15, 0.2) is 30.3 Å². The number of carboxylic acids is 1. The summed E-state index contributed by atoms with van der Waals surface area (Å²) in [6, 6.07) is 9.34. The molecule has 1 amide bonds. The number of aliphatic carboxylic acids is 1. The van der Waals surface area contributed by atoms with Crippen molar-refractivity contribution in [3.05, 3.63) is 35.9 Å². The van der Waals surface area contributed by atoms with Crippen LogP contribution in [0.2, 0.25) is 0 Å². The third kappa shape index (κ3) is 6.75. The predicted molar refractivity (Wildman–Crippen MR) is 74.1 cm³/mol. The Labute approximate surface area is 118 Å². The average Bonchev–Trinajstić information content (AvgIpc) is 2.44. The van der Waals surface area contributed by atoms with E-state index < -0.39 is 18.2 Å². The average molecular weight is 280 g/mol. The van der Waals surface area contributed by atoms with Crippen LogP contribution < -0.4 is 10.6 Å². The van der Waals surface area contributed by atoms with E-state index in [0.717, 1.165) is 12.0 Å². The Hall–Kier alpha value is -2.08. The molecule has 1 rings (SSSR count). The zero-order valence-electron chi connectivity index (χ0n) is 11.5. The van der Waals surface area contributed by atoms with Gasteiger partial charge < -0.3 is 15.2 Å². The number of carbonyl (C=O) groups excluding carboxylic acids is 1. The zero-order chi connectivity index (χ0) is 14.8. The molecule has 0 spiro atoms. The van der Waals surface area contributed by atoms with E-state index in [4.69, 9.17) is 9.84 Å². The standard InChI is InChI=1S/C14H20N2O4/c1-2-6-12(15-9-13(17)18)16-14(19)20-10-11-7-4-3-5-8-11/h3-5,7-8,12,15H,2,6,9-10H2,1H3,(H,16,19)(H,17,18). The van der Waals surface area contributed by atoms with E-state index in [1.165, 1.54) is 0 Å². The number of ether oxygens (including phenoxy) is 1. The number of carbonyl (C=O) groups is 2. The summed E-state index contributed by atoms with van der Waals surface area (Å²) in [5, 5.41) is 14.0. The molecule has 3 N–H and O–H groups in total. The van der Waals surface area contributed by atoms with Gasteiger partial charge in [0, 0.05) is 0 Å². The Morgan fingerprint density at radius 3 is 2.60 bits per heavy atom. The Bertz CT molecular complexity index is 422. The topological polar surface area (TPSA) is 87.7 Å². The summed E-state index contributed by atoms with van der Waals surface area (Å²) in [5.74, 6) is -0.967. The highest BCUT2D eigenvalue weighted by Gasteiger charge is 2.12. The fourth-order valence-electron chi connectivity index (χ4n) is 1.63. The van der Waals surface area contributed by atoms with Crippen LogP contribution in [-0.2, 0) is 16.1 Å². The zero-order valence-corrected chi connectivity index (χ0v) is 11.5. The Morgan fingerprint density at radius 2 is 2.00 bits per heavy atom. The fraction of sp³-hybridized carbons (Fsp3) is 0.429. The molecule has 110 valence electrons. The number of alkyl carbamates (subject to hydrolysis) is 1. The SMILES string of the molecule is CCCC(NCC(=O)O)NC(=O)OCc1ccccc1. The van der Waals surface area contributed by atoms with Crippen molar-refractivity contribution in [3.8, 4) is 0 Å². The number of hydrogen-bond donors (Lipinski definition) is 3. The fourth-order valence-corrected chi connectivity index (χ4v) is 1.63. The van der Waals surface area contributed by atoms with Gasteiger partial charge in [-0.2, -0.15) is 0 Å². The number of rotatable bonds is 8. The Kier molecular flexibility index (Phi) is 7.13. The van der Waals surface area contributed by atoms with Crippen molar-refractivity contribution in [3.63, 3.8) is 0 Å². The first kappa shape index (κ1) is 16.0. The molecule has 0 heterocycles. The van der Waals surface area contributed by atoms with Crippen LogP contribution in [0.25, 0.3) is 0 Å². The third-order valence-electron chi connectivity index (χ3n) is 2.58. The molecule has 0 bridgehead atoms. The number of carboxylic acid groups (broad SMARTS) is 1. The minimum Gasteiger partial charge on any atom is -0.480 e. The van der Waals surface area contributed by atoms with Crippen molar-refractivity contribution in [2.75, 3.05) is 6.54 Å². The molecule has 6 nitrogen and oxygen atoms in total. The van der Waals surface area contributed by atoms with Crippen molar-refractivity contribution < 1.29 is 19.4 Å². The summed E-state index contributed by atoms with van der Waals surface area (Å²) >= 11 is 0. The second kappa shape index (κ2) is 8.92. The quantitative estimate of drug-likeness (QED) is 0.631. The maximum atomic E-state index is 11.6. The maximum Gasteiger partial charge on any atom is 0.408 e. The van der Waals surface area contributed by atoms with Crippen molar-refractivity contribution in [2.24, 2.45) is 0 Å². The number of amides is 1. The summed E-state index contributed by atoms with van der Waals surface area (Å²) in [7, 11) is 0. The Balaban J connectivity index is 2.35. The van der Waals surface area contributed by atoms with E-state index in [1.54, 1.807) is 0 Å². The summed E-state index contributed by atoms with van der Waals surface area (Å²) in [4.78, 5) is 22.1. The molecule has 0 aromatic heterocycles. The lowest BCUT2D eigenvalue weighted by Crippen LogP contribution is -2.47. The molecule has 1 aromatic rings. The van der Waals surface area contributed by atoms with Gasteiger partial charge in [-0.25, -0.2) is 4.79 Å². The monoisotopic (exact) mass is 280 g/mol. The number of nitrogens with one attached hydrogen (secondary N) is 2. The van der Waals surface area contributed by atoms with Gasteiger partial charge in [-0.3, -0.25) is 10.1 Å². The highest BCUT2D eigenvalue weighted by molar-refractivity contribution is 5.70. The lowest BCUT2D eigenvalue weighted by molar-refractivity contribution is -0.136. The summed E-state index contributed by atoms with van der Waals surface area (Å²) in [6.45, 7) is 1.93. The molecule has 20 heavy (non-hydrogen) atoms. The highest BCUT2D eigenvalue weighted by atomic mass is 16.5. The first-order chi connectivity index (χ1) is 9.61. The lowest BCUT2D eigenvalue weighted by atomic mass is 10.2. The lowest BCUT2D eigenvalue weighted by Gasteiger charge is -2.18. The van der Waals surface area contributed by atoms with Crippen LogP contribution >= 0.6 is 0 Å². The molecule has 1 atom stereocenters. The van der Waals surface area contributed by atoms with E-state index in [2.05, 4.69) is 10.6 Å². The van der Waals surface area contributed by atoms with Gasteiger partial charge >= 0.3 is 12.1 Å². The molecular formula is C14H20N2O4. The predicted octanol–water partition coefficient (Wildman–Crippen LogP) is 1.71. The minimum absolute atomic E-state index is 0.185. The van der Waals surface area contributed by atoms with Gasteiger partial charge in [-0.05, 0) is 12.0 Å². The van der Waals surface area contributed by atoms with Gasteiger partial charge in [0.05, 0.1) is 12.7 Å². The van der Waals surface area contributed by atoms with E-state index in [9.17, 15) is 9.59 Å². The van der Waals surface area contributed by atoms with Gasteiger partial charge in [0.1, 0.15) is 6.61 Å². The number of benzene rings is 1. The van der Waals surface area contributed by atoms with Gasteiger partial charge in [-0.1, -0.05) is 43.7 Å². The first-order valence-electron chi connectivity index (χ1n) is 6.54. The molecule has 0 aliphatic rings. The van der Waals surface area contributed by atoms with E-state index in [0.29, 0.717) is 6.42 Å². The first-order valence-corrected chi connectivity index (χ1v) is 6.54. The van der Waals surface area contributed by atoms with Crippen molar-refractivity contribution >= 4 is 12.1 Å². The van der Waals surface area contributed by atoms with Crippen LogP contribution in [0.5, 0.6) is 0 Å². The van der Waals surface area contributed by atoms with Crippen LogP contribution in [0, 0.1) is 0 Å². The molecule has 0 aliphatic heterocycles. The van der Waals surface area contributed by atoms with Gasteiger partial charge in [-0.15, -0.1) is 0 Å². The van der Waals surface area contributed by atoms with Crippen LogP contribution in [0.1, 0.15) is 25.3 Å². The molecule has 1 aromatic carbocycles. The van der Waals surface area contributed by atoms with Gasteiger partial charge in [0.2, 0.25) is 0 Å². The molecular weight excluding hydrogens is 260 g/mol. The van der Waals surface area contributed by atoms with Crippen molar-refractivity contribution in [1.82, 2.24) is 10.6 Å². The Morgan fingerprint density at radius 1 is 1.30 bits per heavy atom. The summed E-state index contributed by atoms with van der Waals surface area (Å²) < 4.78 is 5.07. The molecule has 0 saturated carbocycles. The minimum atomic E-state index is -0.967. The molecule has 0 aliphatic carbocycles. The van der Waals surface area contributed by atoms with E-state index in [-0.39, 0.29) is 13.2 Å². The molecule has 6 heteroatoms. The summed E-state index contributed by atoms with van der Waals surface area (Å²) in [6.07, 6.45) is 0.480. The van der Waals surface area contributed by atoms with Gasteiger partial charge in [0.25, 0.3) is 0 Å². The molecule has 0 radical (unpaired) electrons. The molecule has 1 unspecified atom stereocenters. The maximum absolute atomic E-state index is 11.6. The van der Waals surface area contributed by atoms with E-state index >= 15 is 0 Å². The normalized spacial score (nSPS) is 11.7. The smallest absolute Gasteiger partial charge is 0.408 e. The van der Waals surface area contributed by atoms with Crippen LogP contribution in [-0.4, -0.2) is 29.9 Å². The highest BCUT2D eigenvalue weighted by Crippen LogP contribution is 2.01. The van der Waals surface area contributed by atoms with Crippen molar-refractivity contribution in [2.45, 2.75) is 32.5 Å². The third-order valence-corrected chi connectivity index (χ3v) is 2.58. The molecule has 0 saturated heterocycles. The number of hydrogen-bond acceptors (Lipinski definition) is 4. The van der Waals surface area contributed by atoms with Crippen LogP contribution in [0.4, 0.5) is 4.79 Å². The largest absolute Gasteiger partial charge is 0.480 e. The second-order valence-electron chi connectivity index (χ2n) is 4.32. The van der Waals surface area contributed by atoms with Gasteiger partial charge in [0.15, 0.2) is 0 Å². The van der Waals surface area contributed by atoms with Crippen molar-refractivity contribution in [1.29, 1.82) is 0 Å². The van der Waals surface area contributed by atoms with Crippen LogP contribution in [0.3, 0.4) is 0 Å². The molecule has 0 fully saturated rings.